The van der Waals surface area contributed by atoms with E-state index in [0.29, 0.717) is 12.4 Å². The van der Waals surface area contributed by atoms with Crippen LogP contribution >= 0.6 is 11.5 Å². The quantitative estimate of drug-likeness (QED) is 0.868. The van der Waals surface area contributed by atoms with Crippen LogP contribution in [0.25, 0.3) is 0 Å². The monoisotopic (exact) mass is 265 g/mol. The van der Waals surface area contributed by atoms with Crippen molar-refractivity contribution in [2.24, 2.45) is 0 Å². The van der Waals surface area contributed by atoms with E-state index >= 15 is 0 Å². The first-order valence-corrected chi connectivity index (χ1v) is 6.17. The summed E-state index contributed by atoms with van der Waals surface area (Å²) in [5, 5.41) is 4.18. The smallest absolute Gasteiger partial charge is 0.139 e. The van der Waals surface area contributed by atoms with Gasteiger partial charge in [-0.05, 0) is 23.7 Å². The highest BCUT2D eigenvalue weighted by Gasteiger charge is 2.05. The Balaban J connectivity index is 2.08. The second-order valence-corrected chi connectivity index (χ2v) is 4.45. The zero-order chi connectivity index (χ0) is 13.0. The van der Waals surface area contributed by atoms with E-state index in [1.165, 1.54) is 11.5 Å². The summed E-state index contributed by atoms with van der Waals surface area (Å²) in [6.45, 7) is 0.648. The molecular formula is C12H15N3O2S. The number of nitrogen functional groups attached to an aromatic ring is 1. The van der Waals surface area contributed by atoms with Gasteiger partial charge in [0.25, 0.3) is 0 Å². The number of nitrogens with one attached hydrogen (secondary N) is 1. The van der Waals surface area contributed by atoms with E-state index in [-0.39, 0.29) is 0 Å². The van der Waals surface area contributed by atoms with E-state index in [1.54, 1.807) is 20.3 Å². The van der Waals surface area contributed by atoms with Gasteiger partial charge >= 0.3 is 0 Å². The fourth-order valence-corrected chi connectivity index (χ4v) is 2.12. The van der Waals surface area contributed by atoms with Crippen LogP contribution in [0.5, 0.6) is 11.5 Å². The topological polar surface area (TPSA) is 69.4 Å². The van der Waals surface area contributed by atoms with Crippen molar-refractivity contribution in [2.45, 2.75) is 6.54 Å². The summed E-state index contributed by atoms with van der Waals surface area (Å²) in [4.78, 5) is 0. The molecule has 0 radical (unpaired) electrons. The van der Waals surface area contributed by atoms with Crippen molar-refractivity contribution in [3.05, 3.63) is 29.8 Å². The Morgan fingerprint density at radius 2 is 2.11 bits per heavy atom. The highest BCUT2D eigenvalue weighted by Crippen LogP contribution is 2.26. The molecule has 1 aromatic carbocycles. The SMILES string of the molecule is COc1ccc(CNc2cc(N)ns2)c(OC)c1. The summed E-state index contributed by atoms with van der Waals surface area (Å²) in [7, 11) is 3.27. The van der Waals surface area contributed by atoms with Crippen LogP contribution in [-0.2, 0) is 6.54 Å². The second-order valence-electron chi connectivity index (χ2n) is 3.65. The maximum absolute atomic E-state index is 5.56. The van der Waals surface area contributed by atoms with E-state index in [0.717, 1.165) is 22.1 Å². The van der Waals surface area contributed by atoms with Crippen LogP contribution in [0.3, 0.4) is 0 Å². The first kappa shape index (κ1) is 12.5. The lowest BCUT2D eigenvalue weighted by Crippen LogP contribution is -2.00. The molecule has 1 heterocycles. The number of hydrogen-bond donors (Lipinski definition) is 2. The van der Waals surface area contributed by atoms with Crippen LogP contribution in [-0.4, -0.2) is 18.6 Å². The zero-order valence-corrected chi connectivity index (χ0v) is 11.1. The third kappa shape index (κ3) is 2.84. The second kappa shape index (κ2) is 5.59. The number of aromatic nitrogens is 1. The fraction of sp³-hybridized carbons (Fsp3) is 0.250. The Morgan fingerprint density at radius 3 is 2.72 bits per heavy atom. The van der Waals surface area contributed by atoms with Crippen LogP contribution < -0.4 is 20.5 Å². The molecule has 3 N–H and O–H groups in total. The van der Waals surface area contributed by atoms with Crippen molar-refractivity contribution in [2.75, 3.05) is 25.3 Å². The maximum Gasteiger partial charge on any atom is 0.139 e. The van der Waals surface area contributed by atoms with Gasteiger partial charge in [0.15, 0.2) is 0 Å². The molecule has 0 bridgehead atoms. The Morgan fingerprint density at radius 1 is 1.28 bits per heavy atom. The molecule has 2 aromatic rings. The molecular weight excluding hydrogens is 250 g/mol. The molecule has 0 saturated carbocycles. The van der Waals surface area contributed by atoms with Gasteiger partial charge in [-0.15, -0.1) is 0 Å². The summed E-state index contributed by atoms with van der Waals surface area (Å²) in [5.41, 5.74) is 6.61. The van der Waals surface area contributed by atoms with Crippen LogP contribution in [0.15, 0.2) is 24.3 Å². The van der Waals surface area contributed by atoms with Gasteiger partial charge in [-0.25, -0.2) is 0 Å². The molecule has 0 unspecified atom stereocenters. The molecule has 0 aliphatic rings. The first-order valence-electron chi connectivity index (χ1n) is 5.40. The van der Waals surface area contributed by atoms with Crippen molar-refractivity contribution in [1.29, 1.82) is 0 Å². The molecule has 0 aliphatic carbocycles. The molecule has 0 atom stereocenters. The summed E-state index contributed by atoms with van der Waals surface area (Å²) in [5.74, 6) is 2.10. The van der Waals surface area contributed by atoms with Crippen molar-refractivity contribution in [1.82, 2.24) is 4.37 Å². The van der Waals surface area contributed by atoms with Gasteiger partial charge in [0.1, 0.15) is 22.3 Å². The number of nitrogens with zero attached hydrogens (tertiary/aromatic N) is 1. The molecule has 1 aromatic heterocycles. The molecule has 96 valence electrons. The minimum atomic E-state index is 0.532. The van der Waals surface area contributed by atoms with E-state index in [4.69, 9.17) is 15.2 Å². The molecule has 5 nitrogen and oxygen atoms in total. The number of rotatable bonds is 5. The number of nitrogens with two attached hydrogens (primary N) is 1. The lowest BCUT2D eigenvalue weighted by atomic mass is 10.2. The molecule has 0 aliphatic heterocycles. The van der Waals surface area contributed by atoms with Gasteiger partial charge in [-0.3, -0.25) is 0 Å². The molecule has 0 amide bonds. The van der Waals surface area contributed by atoms with E-state index in [1.807, 2.05) is 18.2 Å². The zero-order valence-electron chi connectivity index (χ0n) is 10.3. The van der Waals surface area contributed by atoms with Crippen LogP contribution in [0.2, 0.25) is 0 Å². The number of benzene rings is 1. The third-order valence-corrected chi connectivity index (χ3v) is 3.24. The van der Waals surface area contributed by atoms with Gasteiger partial charge in [0, 0.05) is 24.2 Å². The number of anilines is 2. The molecule has 6 heteroatoms. The van der Waals surface area contributed by atoms with Crippen LogP contribution in [0.1, 0.15) is 5.56 Å². The van der Waals surface area contributed by atoms with Gasteiger partial charge in [0.05, 0.1) is 14.2 Å². The highest BCUT2D eigenvalue weighted by molar-refractivity contribution is 7.10. The van der Waals surface area contributed by atoms with E-state index in [2.05, 4.69) is 9.69 Å². The minimum absolute atomic E-state index is 0.532. The summed E-state index contributed by atoms with van der Waals surface area (Å²) < 4.78 is 14.5. The predicted molar refractivity (Wildman–Crippen MR) is 73.4 cm³/mol. The van der Waals surface area contributed by atoms with Gasteiger partial charge < -0.3 is 20.5 Å². The average molecular weight is 265 g/mol. The number of methoxy groups -OCH3 is 2. The van der Waals surface area contributed by atoms with Crippen molar-refractivity contribution < 1.29 is 9.47 Å². The van der Waals surface area contributed by atoms with Crippen LogP contribution in [0.4, 0.5) is 10.8 Å². The lowest BCUT2D eigenvalue weighted by molar-refractivity contribution is 0.391. The fourth-order valence-electron chi connectivity index (χ4n) is 1.55. The third-order valence-electron chi connectivity index (χ3n) is 2.48. The number of ether oxygens (including phenoxy) is 2. The predicted octanol–water partition coefficient (Wildman–Crippen LogP) is 2.35. The van der Waals surface area contributed by atoms with Crippen LogP contribution in [0, 0.1) is 0 Å². The van der Waals surface area contributed by atoms with Crippen molar-refractivity contribution in [3.63, 3.8) is 0 Å². The Hall–Kier alpha value is -1.95. The molecule has 0 fully saturated rings. The molecule has 0 spiro atoms. The van der Waals surface area contributed by atoms with Gasteiger partial charge in [-0.1, -0.05) is 0 Å². The van der Waals surface area contributed by atoms with Crippen molar-refractivity contribution >= 4 is 22.4 Å². The summed E-state index contributed by atoms with van der Waals surface area (Å²) in [6, 6.07) is 7.54. The molecule has 0 saturated heterocycles. The Labute approximate surface area is 110 Å². The van der Waals surface area contributed by atoms with Gasteiger partial charge in [0.2, 0.25) is 0 Å². The highest BCUT2D eigenvalue weighted by atomic mass is 32.1. The minimum Gasteiger partial charge on any atom is -0.497 e. The Kier molecular flexibility index (Phi) is 3.88. The molecule has 18 heavy (non-hydrogen) atoms. The van der Waals surface area contributed by atoms with E-state index < -0.39 is 0 Å². The first-order chi connectivity index (χ1) is 8.72. The molecule has 2 rings (SSSR count). The standard InChI is InChI=1S/C12H15N3O2S/c1-16-9-4-3-8(10(5-9)17-2)7-14-12-6-11(13)15-18-12/h3-6,14H,7H2,1-2H3,(H2,13,15). The average Bonchev–Trinajstić information content (AvgIpc) is 2.82. The lowest BCUT2D eigenvalue weighted by Gasteiger charge is -2.10. The number of hydrogen-bond acceptors (Lipinski definition) is 6. The van der Waals surface area contributed by atoms with E-state index in [9.17, 15) is 0 Å². The normalized spacial score (nSPS) is 10.1. The van der Waals surface area contributed by atoms with Crippen molar-refractivity contribution in [3.8, 4) is 11.5 Å². The Bertz CT molecular complexity index is 528. The van der Waals surface area contributed by atoms with Gasteiger partial charge in [-0.2, -0.15) is 4.37 Å². The summed E-state index contributed by atoms with van der Waals surface area (Å²) in [6.07, 6.45) is 0. The summed E-state index contributed by atoms with van der Waals surface area (Å²) >= 11 is 1.34. The largest absolute Gasteiger partial charge is 0.497 e. The maximum atomic E-state index is 5.56.